The second kappa shape index (κ2) is 4.96. The predicted octanol–water partition coefficient (Wildman–Crippen LogP) is 3.63. The van der Waals surface area contributed by atoms with Crippen LogP contribution in [0, 0.1) is 6.92 Å². The smallest absolute Gasteiger partial charge is 0.206 e. The van der Waals surface area contributed by atoms with Crippen molar-refractivity contribution in [1.82, 2.24) is 4.31 Å². The molecule has 0 aliphatic carbocycles. The molecule has 3 rings (SSSR count). The molecule has 0 atom stereocenters. The van der Waals surface area contributed by atoms with Gasteiger partial charge in [0.1, 0.15) is 4.21 Å². The van der Waals surface area contributed by atoms with Crippen molar-refractivity contribution >= 4 is 48.6 Å². The maximum atomic E-state index is 12.6. The van der Waals surface area contributed by atoms with Crippen molar-refractivity contribution in [3.63, 3.8) is 0 Å². The third kappa shape index (κ3) is 2.42. The molecule has 0 amide bonds. The minimum absolute atomic E-state index is 0.426. The number of sulfonamides is 1. The predicted molar refractivity (Wildman–Crippen MR) is 82.4 cm³/mol. The summed E-state index contributed by atoms with van der Waals surface area (Å²) in [5.41, 5.74) is 2.11. The molecule has 0 unspecified atom stereocenters. The molecule has 1 aliphatic rings. The lowest BCUT2D eigenvalue weighted by Crippen LogP contribution is -2.34. The normalized spacial score (nSPS) is 16.5. The fourth-order valence-corrected chi connectivity index (χ4v) is 6.80. The first kappa shape index (κ1) is 13.8. The summed E-state index contributed by atoms with van der Waals surface area (Å²) in [5.74, 6) is 0. The summed E-state index contributed by atoms with van der Waals surface area (Å²) in [6.07, 6.45) is 0.817. The van der Waals surface area contributed by atoms with Gasteiger partial charge >= 0.3 is 0 Å². The van der Waals surface area contributed by atoms with Crippen LogP contribution in [-0.2, 0) is 23.0 Å². The number of fused-ring (bicyclic) bond motifs is 1. The first-order valence-electron chi connectivity index (χ1n) is 5.80. The van der Waals surface area contributed by atoms with Gasteiger partial charge in [0.25, 0.3) is 10.0 Å². The van der Waals surface area contributed by atoms with E-state index < -0.39 is 10.0 Å². The fourth-order valence-electron chi connectivity index (χ4n) is 2.11. The van der Waals surface area contributed by atoms with Crippen LogP contribution in [-0.4, -0.2) is 19.3 Å². The molecule has 0 saturated heterocycles. The summed E-state index contributed by atoms with van der Waals surface area (Å²) < 4.78 is 28.1. The second-order valence-corrected chi connectivity index (χ2v) is 10.0. The quantitative estimate of drug-likeness (QED) is 0.800. The Kier molecular flexibility index (Phi) is 3.59. The fraction of sp³-hybridized carbons (Fsp3) is 0.333. The molecule has 1 aliphatic heterocycles. The van der Waals surface area contributed by atoms with Crippen molar-refractivity contribution in [2.24, 2.45) is 0 Å². The summed E-state index contributed by atoms with van der Waals surface area (Å²) >= 11 is 6.39. The second-order valence-electron chi connectivity index (χ2n) is 4.48. The largest absolute Gasteiger partial charge is 0.252 e. The van der Waals surface area contributed by atoms with Crippen molar-refractivity contribution in [2.75, 3.05) is 6.54 Å². The van der Waals surface area contributed by atoms with E-state index in [1.54, 1.807) is 21.7 Å². The molecule has 0 radical (unpaired) electrons. The highest BCUT2D eigenvalue weighted by molar-refractivity contribution is 9.11. The number of aryl methyl sites for hydroxylation is 1. The SMILES string of the molecule is Cc1cc(S(=O)(=O)N2CCc3sccc3C2)sc1Br. The monoisotopic (exact) mass is 377 g/mol. The van der Waals surface area contributed by atoms with E-state index in [-0.39, 0.29) is 0 Å². The van der Waals surface area contributed by atoms with Gasteiger partial charge in [0.15, 0.2) is 0 Å². The lowest BCUT2D eigenvalue weighted by molar-refractivity contribution is 0.395. The number of nitrogens with zero attached hydrogens (tertiary/aromatic N) is 1. The molecule has 7 heteroatoms. The van der Waals surface area contributed by atoms with Crippen molar-refractivity contribution in [1.29, 1.82) is 0 Å². The average Bonchev–Trinajstić information content (AvgIpc) is 2.96. The van der Waals surface area contributed by atoms with Crippen LogP contribution < -0.4 is 0 Å². The molecule has 2 aromatic heterocycles. The van der Waals surface area contributed by atoms with E-state index in [0.29, 0.717) is 17.3 Å². The Morgan fingerprint density at radius 3 is 2.89 bits per heavy atom. The number of hydrogen-bond donors (Lipinski definition) is 0. The van der Waals surface area contributed by atoms with Gasteiger partial charge in [-0.2, -0.15) is 4.31 Å². The molecule has 102 valence electrons. The van der Waals surface area contributed by atoms with Gasteiger partial charge in [0.05, 0.1) is 3.79 Å². The Balaban J connectivity index is 1.94. The third-order valence-corrected chi connectivity index (χ3v) is 8.66. The minimum atomic E-state index is -3.36. The van der Waals surface area contributed by atoms with Crippen molar-refractivity contribution in [3.8, 4) is 0 Å². The zero-order chi connectivity index (χ0) is 13.6. The highest BCUT2D eigenvalue weighted by Crippen LogP contribution is 2.34. The van der Waals surface area contributed by atoms with Gasteiger partial charge < -0.3 is 0 Å². The average molecular weight is 378 g/mol. The maximum Gasteiger partial charge on any atom is 0.252 e. The van der Waals surface area contributed by atoms with Crippen molar-refractivity contribution < 1.29 is 8.42 Å². The van der Waals surface area contributed by atoms with E-state index in [1.165, 1.54) is 16.2 Å². The van der Waals surface area contributed by atoms with E-state index in [9.17, 15) is 8.42 Å². The summed E-state index contributed by atoms with van der Waals surface area (Å²) in [6.45, 7) is 2.98. The Morgan fingerprint density at radius 2 is 2.21 bits per heavy atom. The standard InChI is InChI=1S/C12H12BrNO2S3/c1-8-6-11(18-12(8)13)19(15,16)14-4-2-10-9(7-14)3-5-17-10/h3,5-6H,2,4,7H2,1H3. The van der Waals surface area contributed by atoms with Crippen molar-refractivity contribution in [2.45, 2.75) is 24.1 Å². The Labute approximate surface area is 129 Å². The Bertz CT molecular complexity index is 698. The highest BCUT2D eigenvalue weighted by atomic mass is 79.9. The van der Waals surface area contributed by atoms with Gasteiger partial charge in [0.2, 0.25) is 0 Å². The van der Waals surface area contributed by atoms with Gasteiger partial charge in [-0.3, -0.25) is 0 Å². The first-order valence-corrected chi connectivity index (χ1v) is 9.73. The summed E-state index contributed by atoms with van der Waals surface area (Å²) in [7, 11) is -3.36. The molecular weight excluding hydrogens is 366 g/mol. The van der Waals surface area contributed by atoms with Crippen LogP contribution in [0.5, 0.6) is 0 Å². The highest BCUT2D eigenvalue weighted by Gasteiger charge is 2.30. The number of halogens is 1. The summed E-state index contributed by atoms with van der Waals surface area (Å²) in [5, 5.41) is 2.03. The molecule has 0 fully saturated rings. The molecule has 3 nitrogen and oxygen atoms in total. The molecular formula is C12H12BrNO2S3. The van der Waals surface area contributed by atoms with E-state index in [4.69, 9.17) is 0 Å². The van der Waals surface area contributed by atoms with Gasteiger partial charge in [-0.1, -0.05) is 0 Å². The zero-order valence-electron chi connectivity index (χ0n) is 10.2. The number of rotatable bonds is 2. The zero-order valence-corrected chi connectivity index (χ0v) is 14.3. The lowest BCUT2D eigenvalue weighted by Gasteiger charge is -2.25. The molecule has 0 N–H and O–H groups in total. The molecule has 2 aromatic rings. The van der Waals surface area contributed by atoms with E-state index in [2.05, 4.69) is 15.9 Å². The molecule has 0 bridgehead atoms. The topological polar surface area (TPSA) is 37.4 Å². The van der Waals surface area contributed by atoms with Gasteiger partial charge in [-0.15, -0.1) is 22.7 Å². The van der Waals surface area contributed by atoms with Crippen LogP contribution in [0.3, 0.4) is 0 Å². The van der Waals surface area contributed by atoms with E-state index in [0.717, 1.165) is 21.3 Å². The van der Waals surface area contributed by atoms with E-state index in [1.807, 2.05) is 18.4 Å². The maximum absolute atomic E-state index is 12.6. The summed E-state index contributed by atoms with van der Waals surface area (Å²) in [4.78, 5) is 1.31. The lowest BCUT2D eigenvalue weighted by atomic mass is 10.1. The summed E-state index contributed by atoms with van der Waals surface area (Å²) in [6, 6.07) is 3.77. The van der Waals surface area contributed by atoms with Gasteiger partial charge in [-0.25, -0.2) is 8.42 Å². The first-order chi connectivity index (χ1) is 8.98. The van der Waals surface area contributed by atoms with Crippen molar-refractivity contribution in [3.05, 3.63) is 37.3 Å². The van der Waals surface area contributed by atoms with Crippen LogP contribution in [0.1, 0.15) is 16.0 Å². The molecule has 0 aromatic carbocycles. The van der Waals surface area contributed by atoms with Crippen LogP contribution in [0.15, 0.2) is 25.5 Å². The number of thiophene rings is 2. The molecule has 19 heavy (non-hydrogen) atoms. The molecule has 3 heterocycles. The number of hydrogen-bond acceptors (Lipinski definition) is 4. The molecule has 0 saturated carbocycles. The van der Waals surface area contributed by atoms with Crippen LogP contribution in [0.25, 0.3) is 0 Å². The van der Waals surface area contributed by atoms with Gasteiger partial charge in [0, 0.05) is 18.0 Å². The van der Waals surface area contributed by atoms with Crippen LogP contribution in [0.2, 0.25) is 0 Å². The van der Waals surface area contributed by atoms with E-state index >= 15 is 0 Å². The van der Waals surface area contributed by atoms with Crippen LogP contribution in [0.4, 0.5) is 0 Å². The van der Waals surface area contributed by atoms with Crippen LogP contribution >= 0.6 is 38.6 Å². The minimum Gasteiger partial charge on any atom is -0.206 e. The molecule has 0 spiro atoms. The Morgan fingerprint density at radius 1 is 1.42 bits per heavy atom. The van der Waals surface area contributed by atoms with Gasteiger partial charge in [-0.05, 0) is 57.9 Å². The Hall–Kier alpha value is -0.210. The third-order valence-electron chi connectivity index (χ3n) is 3.20.